The summed E-state index contributed by atoms with van der Waals surface area (Å²) in [5, 5.41) is 0.697. The van der Waals surface area contributed by atoms with Crippen molar-refractivity contribution in [2.24, 2.45) is 5.84 Å². The SMILES string of the molecule is CCN1CCc2cc(Oc3c(Cl)cc(NN)cc3Cl)ccc2C1=O. The van der Waals surface area contributed by atoms with Crippen LogP contribution in [0.1, 0.15) is 22.8 Å². The maximum absolute atomic E-state index is 12.3. The Hall–Kier alpha value is -1.95. The standard InChI is InChI=1S/C17H17Cl2N3O2/c1-2-22-6-5-10-7-12(3-4-13(10)17(22)23)24-16-14(18)8-11(21-20)9-15(16)19/h3-4,7-9,21H,2,5-6,20H2,1H3. The fourth-order valence-corrected chi connectivity index (χ4v) is 3.30. The number of ether oxygens (including phenoxy) is 1. The van der Waals surface area contributed by atoms with Gasteiger partial charge in [0.05, 0.1) is 15.7 Å². The van der Waals surface area contributed by atoms with Crippen molar-refractivity contribution < 1.29 is 9.53 Å². The fourth-order valence-electron chi connectivity index (χ4n) is 2.74. The van der Waals surface area contributed by atoms with Crippen molar-refractivity contribution >= 4 is 34.8 Å². The van der Waals surface area contributed by atoms with Gasteiger partial charge < -0.3 is 15.1 Å². The largest absolute Gasteiger partial charge is 0.454 e. The normalized spacial score (nSPS) is 13.7. The molecular weight excluding hydrogens is 349 g/mol. The van der Waals surface area contributed by atoms with Gasteiger partial charge in [-0.1, -0.05) is 23.2 Å². The first-order chi connectivity index (χ1) is 11.5. The summed E-state index contributed by atoms with van der Waals surface area (Å²) >= 11 is 12.4. The van der Waals surface area contributed by atoms with E-state index < -0.39 is 0 Å². The fraction of sp³-hybridized carbons (Fsp3) is 0.235. The van der Waals surface area contributed by atoms with E-state index >= 15 is 0 Å². The quantitative estimate of drug-likeness (QED) is 0.632. The minimum absolute atomic E-state index is 0.0553. The molecule has 0 atom stereocenters. The van der Waals surface area contributed by atoms with Crippen LogP contribution in [0.2, 0.25) is 10.0 Å². The number of rotatable bonds is 4. The highest BCUT2D eigenvalue weighted by Gasteiger charge is 2.23. The smallest absolute Gasteiger partial charge is 0.254 e. The molecule has 0 fully saturated rings. The van der Waals surface area contributed by atoms with Crippen molar-refractivity contribution in [1.82, 2.24) is 4.90 Å². The number of amides is 1. The second-order valence-corrected chi connectivity index (χ2v) is 6.28. The number of benzene rings is 2. The van der Waals surface area contributed by atoms with Crippen molar-refractivity contribution in [3.8, 4) is 11.5 Å². The molecule has 0 spiro atoms. The summed E-state index contributed by atoms with van der Waals surface area (Å²) < 4.78 is 5.84. The number of likely N-dealkylation sites (N-methyl/N-ethyl adjacent to an activating group) is 1. The van der Waals surface area contributed by atoms with Gasteiger partial charge in [0.2, 0.25) is 0 Å². The van der Waals surface area contributed by atoms with Crippen molar-refractivity contribution in [3.63, 3.8) is 0 Å². The van der Waals surface area contributed by atoms with Crippen molar-refractivity contribution in [2.75, 3.05) is 18.5 Å². The highest BCUT2D eigenvalue weighted by Crippen LogP contribution is 2.39. The van der Waals surface area contributed by atoms with Crippen LogP contribution < -0.4 is 16.0 Å². The van der Waals surface area contributed by atoms with Gasteiger partial charge in [0.25, 0.3) is 5.91 Å². The molecule has 0 aliphatic carbocycles. The maximum atomic E-state index is 12.3. The third-order valence-corrected chi connectivity index (χ3v) is 4.57. The van der Waals surface area contributed by atoms with Crippen LogP contribution in [-0.4, -0.2) is 23.9 Å². The molecular formula is C17H17Cl2N3O2. The van der Waals surface area contributed by atoms with Crippen molar-refractivity contribution in [2.45, 2.75) is 13.3 Å². The summed E-state index contributed by atoms with van der Waals surface area (Å²) in [6.45, 7) is 3.40. The monoisotopic (exact) mass is 365 g/mol. The minimum Gasteiger partial charge on any atom is -0.454 e. The Bertz CT molecular complexity index is 772. The zero-order valence-corrected chi connectivity index (χ0v) is 14.6. The van der Waals surface area contributed by atoms with Crippen LogP contribution in [0.3, 0.4) is 0 Å². The average Bonchev–Trinajstić information content (AvgIpc) is 2.58. The summed E-state index contributed by atoms with van der Waals surface area (Å²) in [5.74, 6) is 6.36. The van der Waals surface area contributed by atoms with Crippen LogP contribution in [0.15, 0.2) is 30.3 Å². The lowest BCUT2D eigenvalue weighted by molar-refractivity contribution is 0.0749. The van der Waals surface area contributed by atoms with Gasteiger partial charge >= 0.3 is 0 Å². The van der Waals surface area contributed by atoms with Gasteiger partial charge in [0.1, 0.15) is 5.75 Å². The average molecular weight is 366 g/mol. The van der Waals surface area contributed by atoms with E-state index in [1.54, 1.807) is 24.3 Å². The third kappa shape index (κ3) is 3.15. The molecule has 0 radical (unpaired) electrons. The number of hydrogen-bond donors (Lipinski definition) is 2. The number of hydrogen-bond acceptors (Lipinski definition) is 4. The van der Waals surface area contributed by atoms with Gasteiger partial charge in [0, 0.05) is 18.7 Å². The molecule has 1 heterocycles. The first-order valence-corrected chi connectivity index (χ1v) is 8.34. The zero-order valence-electron chi connectivity index (χ0n) is 13.1. The van der Waals surface area contributed by atoms with Crippen LogP contribution in [0.4, 0.5) is 5.69 Å². The van der Waals surface area contributed by atoms with Crippen LogP contribution in [0.5, 0.6) is 11.5 Å². The Balaban J connectivity index is 1.89. The third-order valence-electron chi connectivity index (χ3n) is 4.01. The zero-order chi connectivity index (χ0) is 17.3. The van der Waals surface area contributed by atoms with Crippen LogP contribution in [-0.2, 0) is 6.42 Å². The number of nitrogen functional groups attached to an aromatic ring is 1. The molecule has 3 N–H and O–H groups in total. The van der Waals surface area contributed by atoms with E-state index in [2.05, 4.69) is 5.43 Å². The molecule has 3 rings (SSSR count). The van der Waals surface area contributed by atoms with Gasteiger partial charge in [-0.2, -0.15) is 0 Å². The maximum Gasteiger partial charge on any atom is 0.254 e. The molecule has 5 nitrogen and oxygen atoms in total. The number of halogens is 2. The molecule has 24 heavy (non-hydrogen) atoms. The Morgan fingerprint density at radius 3 is 2.58 bits per heavy atom. The molecule has 0 unspecified atom stereocenters. The number of carbonyl (C=O) groups excluding carboxylic acids is 1. The number of nitrogens with zero attached hydrogens (tertiary/aromatic N) is 1. The molecule has 0 saturated carbocycles. The Labute approximate surface area is 150 Å². The number of anilines is 1. The molecule has 0 bridgehead atoms. The van der Waals surface area contributed by atoms with E-state index in [-0.39, 0.29) is 5.91 Å². The van der Waals surface area contributed by atoms with E-state index in [4.69, 9.17) is 33.8 Å². The lowest BCUT2D eigenvalue weighted by Crippen LogP contribution is -2.37. The number of nitrogens with one attached hydrogen (secondary N) is 1. The van der Waals surface area contributed by atoms with Crippen LogP contribution in [0, 0.1) is 0 Å². The van der Waals surface area contributed by atoms with Crippen molar-refractivity contribution in [3.05, 3.63) is 51.5 Å². The van der Waals surface area contributed by atoms with Gasteiger partial charge in [-0.3, -0.25) is 10.6 Å². The van der Waals surface area contributed by atoms with E-state index in [0.717, 1.165) is 17.5 Å². The van der Waals surface area contributed by atoms with Gasteiger partial charge in [-0.15, -0.1) is 0 Å². The highest BCUT2D eigenvalue weighted by atomic mass is 35.5. The van der Waals surface area contributed by atoms with Crippen LogP contribution in [0.25, 0.3) is 0 Å². The summed E-state index contributed by atoms with van der Waals surface area (Å²) in [4.78, 5) is 14.1. The highest BCUT2D eigenvalue weighted by molar-refractivity contribution is 6.37. The second kappa shape index (κ2) is 6.89. The van der Waals surface area contributed by atoms with E-state index in [1.807, 2.05) is 17.9 Å². The number of carbonyl (C=O) groups is 1. The molecule has 1 amide bonds. The minimum atomic E-state index is 0.0553. The first-order valence-electron chi connectivity index (χ1n) is 7.59. The molecule has 2 aromatic carbocycles. The Morgan fingerprint density at radius 1 is 1.25 bits per heavy atom. The van der Waals surface area contributed by atoms with Gasteiger partial charge in [-0.05, 0) is 49.2 Å². The molecule has 0 aromatic heterocycles. The predicted octanol–water partition coefficient (Wildman–Crippen LogP) is 4.09. The van der Waals surface area contributed by atoms with Gasteiger partial charge in [0.15, 0.2) is 5.75 Å². The number of nitrogens with two attached hydrogens (primary N) is 1. The molecule has 0 saturated heterocycles. The lowest BCUT2D eigenvalue weighted by atomic mass is 9.99. The topological polar surface area (TPSA) is 67.6 Å². The number of hydrazine groups is 1. The summed E-state index contributed by atoms with van der Waals surface area (Å²) in [6, 6.07) is 8.65. The van der Waals surface area contributed by atoms with E-state index in [9.17, 15) is 4.79 Å². The van der Waals surface area contributed by atoms with Gasteiger partial charge in [-0.25, -0.2) is 0 Å². The summed E-state index contributed by atoms with van der Waals surface area (Å²) in [6.07, 6.45) is 0.795. The molecule has 126 valence electrons. The lowest BCUT2D eigenvalue weighted by Gasteiger charge is -2.27. The van der Waals surface area contributed by atoms with E-state index in [0.29, 0.717) is 40.3 Å². The Kier molecular flexibility index (Phi) is 4.85. The Morgan fingerprint density at radius 2 is 1.96 bits per heavy atom. The van der Waals surface area contributed by atoms with E-state index in [1.165, 1.54) is 0 Å². The summed E-state index contributed by atoms with van der Waals surface area (Å²) in [7, 11) is 0. The molecule has 7 heteroatoms. The predicted molar refractivity (Wildman–Crippen MR) is 96.1 cm³/mol. The first kappa shape index (κ1) is 16.9. The van der Waals surface area contributed by atoms with Crippen molar-refractivity contribution in [1.29, 1.82) is 0 Å². The summed E-state index contributed by atoms with van der Waals surface area (Å²) in [5.41, 5.74) is 4.76. The molecule has 1 aliphatic heterocycles. The molecule has 1 aliphatic rings. The second-order valence-electron chi connectivity index (χ2n) is 5.47. The molecule has 2 aromatic rings. The number of fused-ring (bicyclic) bond motifs is 1. The van der Waals surface area contributed by atoms with Crippen LogP contribution >= 0.6 is 23.2 Å².